The minimum absolute atomic E-state index is 0.214. The average Bonchev–Trinajstić information content (AvgIpc) is 2.51. The Balaban J connectivity index is 1.70. The molecule has 0 bridgehead atoms. The third kappa shape index (κ3) is 5.89. The van der Waals surface area contributed by atoms with E-state index >= 15 is 0 Å². The number of carbonyl (C=O) groups excluding carboxylic acids is 1. The number of ether oxygens (including phenoxy) is 1. The van der Waals surface area contributed by atoms with E-state index in [4.69, 9.17) is 4.74 Å². The van der Waals surface area contributed by atoms with Crippen LogP contribution in [0, 0.1) is 3.57 Å². The fraction of sp³-hybridized carbons (Fsp3) is 0.167. The zero-order valence-corrected chi connectivity index (χ0v) is 14.2. The minimum atomic E-state index is -0.240. The van der Waals surface area contributed by atoms with Crippen molar-refractivity contribution in [1.29, 1.82) is 0 Å². The lowest BCUT2D eigenvalue weighted by Crippen LogP contribution is -2.05. The van der Waals surface area contributed by atoms with Crippen molar-refractivity contribution >= 4 is 34.6 Å². The number of hydrogen-bond donors (Lipinski definition) is 1. The molecule has 22 heavy (non-hydrogen) atoms. The van der Waals surface area contributed by atoms with Crippen molar-refractivity contribution < 1.29 is 14.6 Å². The number of halogens is 1. The highest BCUT2D eigenvalue weighted by atomic mass is 127. The highest BCUT2D eigenvalue weighted by Gasteiger charge is 2.03. The fourth-order valence-electron chi connectivity index (χ4n) is 1.93. The van der Waals surface area contributed by atoms with Crippen LogP contribution in [0.3, 0.4) is 0 Å². The van der Waals surface area contributed by atoms with Crippen LogP contribution in [-0.2, 0) is 16.0 Å². The van der Waals surface area contributed by atoms with Gasteiger partial charge in [-0.15, -0.1) is 0 Å². The second kappa shape index (κ2) is 8.58. The van der Waals surface area contributed by atoms with Crippen LogP contribution in [0.2, 0.25) is 0 Å². The quantitative estimate of drug-likeness (QED) is 0.576. The summed E-state index contributed by atoms with van der Waals surface area (Å²) in [5.74, 6) is -0.0260. The van der Waals surface area contributed by atoms with E-state index in [1.807, 2.05) is 42.5 Å². The minimum Gasteiger partial charge on any atom is -0.508 e. The monoisotopic (exact) mass is 408 g/mol. The highest BCUT2D eigenvalue weighted by molar-refractivity contribution is 14.1. The molecule has 0 aliphatic carbocycles. The molecule has 0 aromatic heterocycles. The Bertz CT molecular complexity index is 648. The summed E-state index contributed by atoms with van der Waals surface area (Å²) in [5.41, 5.74) is 2.00. The van der Waals surface area contributed by atoms with Gasteiger partial charge in [0.05, 0.1) is 0 Å². The number of hydrogen-bond acceptors (Lipinski definition) is 3. The number of phenols is 1. The van der Waals surface area contributed by atoms with Gasteiger partial charge in [-0.25, -0.2) is 0 Å². The number of aromatic hydroxyl groups is 1. The van der Waals surface area contributed by atoms with Crippen LogP contribution in [0.25, 0.3) is 6.08 Å². The summed E-state index contributed by atoms with van der Waals surface area (Å²) in [6.45, 7) is 0.269. The van der Waals surface area contributed by atoms with E-state index in [2.05, 4.69) is 22.6 Å². The number of aryl methyl sites for hydroxylation is 1. The number of benzene rings is 2. The molecule has 0 saturated heterocycles. The van der Waals surface area contributed by atoms with Gasteiger partial charge < -0.3 is 9.84 Å². The van der Waals surface area contributed by atoms with Crippen molar-refractivity contribution in [2.24, 2.45) is 0 Å². The van der Waals surface area contributed by atoms with Crippen LogP contribution in [0.1, 0.15) is 17.5 Å². The maximum absolute atomic E-state index is 11.6. The first kappa shape index (κ1) is 16.5. The Morgan fingerprint density at radius 3 is 2.68 bits per heavy atom. The van der Waals surface area contributed by atoms with Crippen LogP contribution in [0.15, 0.2) is 54.6 Å². The standard InChI is InChI=1S/C18H17IO3/c19-16-9-6-14(7-10-16)4-2-12-22-18(21)11-8-15-3-1-5-17(20)13-15/h1-7,9-10,13,20H,8,11-12H2. The van der Waals surface area contributed by atoms with Crippen LogP contribution in [-0.4, -0.2) is 17.7 Å². The predicted molar refractivity (Wildman–Crippen MR) is 95.6 cm³/mol. The largest absolute Gasteiger partial charge is 0.508 e. The maximum atomic E-state index is 11.6. The molecule has 0 aliphatic heterocycles. The van der Waals surface area contributed by atoms with Crippen molar-refractivity contribution in [3.63, 3.8) is 0 Å². The second-order valence-corrected chi connectivity index (χ2v) is 6.05. The van der Waals surface area contributed by atoms with Crippen molar-refractivity contribution in [3.8, 4) is 5.75 Å². The van der Waals surface area contributed by atoms with Gasteiger partial charge in [0.15, 0.2) is 0 Å². The Hall–Kier alpha value is -1.82. The molecular formula is C18H17IO3. The fourth-order valence-corrected chi connectivity index (χ4v) is 2.29. The van der Waals surface area contributed by atoms with Crippen LogP contribution < -0.4 is 0 Å². The summed E-state index contributed by atoms with van der Waals surface area (Å²) in [7, 11) is 0. The molecule has 0 aliphatic rings. The second-order valence-electron chi connectivity index (χ2n) is 4.81. The lowest BCUT2D eigenvalue weighted by Gasteiger charge is -2.03. The number of esters is 1. The number of phenolic OH excluding ortho intramolecular Hbond substituents is 1. The molecule has 0 fully saturated rings. The van der Waals surface area contributed by atoms with E-state index in [1.54, 1.807) is 18.2 Å². The molecule has 0 heterocycles. The lowest BCUT2D eigenvalue weighted by atomic mass is 10.1. The number of carbonyl (C=O) groups is 1. The molecule has 2 aromatic rings. The lowest BCUT2D eigenvalue weighted by molar-refractivity contribution is -0.142. The Morgan fingerprint density at radius 1 is 1.18 bits per heavy atom. The molecule has 0 saturated carbocycles. The van der Waals surface area contributed by atoms with Gasteiger partial charge in [-0.3, -0.25) is 4.79 Å². The molecule has 1 N–H and O–H groups in total. The van der Waals surface area contributed by atoms with Gasteiger partial charge in [0.25, 0.3) is 0 Å². The molecule has 0 radical (unpaired) electrons. The predicted octanol–water partition coefficient (Wildman–Crippen LogP) is 4.19. The van der Waals surface area contributed by atoms with E-state index in [0.29, 0.717) is 12.8 Å². The molecule has 114 valence electrons. The van der Waals surface area contributed by atoms with Crippen LogP contribution in [0.5, 0.6) is 5.75 Å². The van der Waals surface area contributed by atoms with Crippen LogP contribution in [0.4, 0.5) is 0 Å². The SMILES string of the molecule is O=C(CCc1cccc(O)c1)OCC=Cc1ccc(I)cc1. The number of rotatable bonds is 6. The third-order valence-corrected chi connectivity index (χ3v) is 3.77. The molecule has 4 heteroatoms. The van der Waals surface area contributed by atoms with Gasteiger partial charge in [0.2, 0.25) is 0 Å². The summed E-state index contributed by atoms with van der Waals surface area (Å²) < 4.78 is 6.34. The summed E-state index contributed by atoms with van der Waals surface area (Å²) in [6, 6.07) is 15.0. The van der Waals surface area contributed by atoms with E-state index in [1.165, 1.54) is 3.57 Å². The Morgan fingerprint density at radius 2 is 1.95 bits per heavy atom. The van der Waals surface area contributed by atoms with Crippen LogP contribution >= 0.6 is 22.6 Å². The molecule has 3 nitrogen and oxygen atoms in total. The molecule has 2 aromatic carbocycles. The Kier molecular flexibility index (Phi) is 6.45. The first-order valence-corrected chi connectivity index (χ1v) is 8.07. The van der Waals surface area contributed by atoms with Gasteiger partial charge in [-0.05, 0) is 70.5 Å². The molecule has 0 atom stereocenters. The average molecular weight is 408 g/mol. The smallest absolute Gasteiger partial charge is 0.306 e. The first-order valence-electron chi connectivity index (χ1n) is 6.99. The van der Waals surface area contributed by atoms with E-state index in [9.17, 15) is 9.90 Å². The zero-order chi connectivity index (χ0) is 15.8. The molecule has 0 amide bonds. The molecule has 0 spiro atoms. The normalized spacial score (nSPS) is 10.8. The van der Waals surface area contributed by atoms with Gasteiger partial charge in [0, 0.05) is 9.99 Å². The van der Waals surface area contributed by atoms with E-state index < -0.39 is 0 Å². The molecular weight excluding hydrogens is 391 g/mol. The van der Waals surface area contributed by atoms with E-state index in [0.717, 1.165) is 11.1 Å². The van der Waals surface area contributed by atoms with Gasteiger partial charge >= 0.3 is 5.97 Å². The van der Waals surface area contributed by atoms with Gasteiger partial charge in [-0.2, -0.15) is 0 Å². The van der Waals surface area contributed by atoms with Crippen molar-refractivity contribution in [1.82, 2.24) is 0 Å². The topological polar surface area (TPSA) is 46.5 Å². The molecule has 2 rings (SSSR count). The summed E-state index contributed by atoms with van der Waals surface area (Å²) in [6.07, 6.45) is 4.63. The van der Waals surface area contributed by atoms with Crippen molar-refractivity contribution in [3.05, 3.63) is 69.3 Å². The Labute approximate surface area is 143 Å². The van der Waals surface area contributed by atoms with E-state index in [-0.39, 0.29) is 18.3 Å². The highest BCUT2D eigenvalue weighted by Crippen LogP contribution is 2.12. The van der Waals surface area contributed by atoms with Gasteiger partial charge in [-0.1, -0.05) is 30.3 Å². The third-order valence-electron chi connectivity index (χ3n) is 3.05. The summed E-state index contributed by atoms with van der Waals surface area (Å²) >= 11 is 2.26. The van der Waals surface area contributed by atoms with Crippen molar-refractivity contribution in [2.45, 2.75) is 12.8 Å². The first-order chi connectivity index (χ1) is 10.6. The van der Waals surface area contributed by atoms with Gasteiger partial charge in [0.1, 0.15) is 12.4 Å². The zero-order valence-electron chi connectivity index (χ0n) is 12.0. The summed E-state index contributed by atoms with van der Waals surface area (Å²) in [4.78, 5) is 11.6. The summed E-state index contributed by atoms with van der Waals surface area (Å²) in [5, 5.41) is 9.35. The van der Waals surface area contributed by atoms with Crippen molar-refractivity contribution in [2.75, 3.05) is 6.61 Å². The molecule has 0 unspecified atom stereocenters. The maximum Gasteiger partial charge on any atom is 0.306 e.